The molecule has 3 heterocycles. The first-order valence-electron chi connectivity index (χ1n) is 14.2. The molecule has 0 radical (unpaired) electrons. The number of fused-ring (bicyclic) bond motifs is 8. The number of nitrogens with zero attached hydrogens (tertiary/aromatic N) is 5. The zero-order valence-electron chi connectivity index (χ0n) is 22.7. The van der Waals surface area contributed by atoms with Gasteiger partial charge in [0.05, 0.1) is 16.9 Å². The number of pyridine rings is 1. The number of phenols is 1. The lowest BCUT2D eigenvalue weighted by Crippen LogP contribution is -2.25. The van der Waals surface area contributed by atoms with Crippen LogP contribution < -0.4 is 0 Å². The van der Waals surface area contributed by atoms with Gasteiger partial charge in [-0.1, -0.05) is 84.9 Å². The van der Waals surface area contributed by atoms with Crippen molar-refractivity contribution in [2.24, 2.45) is 10.2 Å². The van der Waals surface area contributed by atoms with Crippen molar-refractivity contribution < 1.29 is 5.11 Å². The van der Waals surface area contributed by atoms with Crippen molar-refractivity contribution >= 4 is 28.1 Å². The summed E-state index contributed by atoms with van der Waals surface area (Å²) in [5.74, 6) is 1.46. The van der Waals surface area contributed by atoms with Crippen LogP contribution in [0.5, 0.6) is 5.75 Å². The molecule has 2 aliphatic rings. The summed E-state index contributed by atoms with van der Waals surface area (Å²) in [5, 5.41) is 20.3. The van der Waals surface area contributed by atoms with Gasteiger partial charge < -0.3 is 5.11 Å². The maximum absolute atomic E-state index is 11.2. The number of aromatic nitrogens is 3. The highest BCUT2D eigenvalue weighted by Gasteiger charge is 2.41. The van der Waals surface area contributed by atoms with E-state index in [0.717, 1.165) is 29.0 Å². The highest BCUT2D eigenvalue weighted by molar-refractivity contribution is 5.91. The zero-order chi connectivity index (χ0) is 28.0. The molecule has 1 aliphatic carbocycles. The smallest absolute Gasteiger partial charge is 0.178 e. The van der Waals surface area contributed by atoms with E-state index in [0.29, 0.717) is 17.0 Å². The van der Waals surface area contributed by atoms with Crippen LogP contribution in [0.3, 0.4) is 0 Å². The fourth-order valence-corrected chi connectivity index (χ4v) is 6.65. The van der Waals surface area contributed by atoms with Crippen molar-refractivity contribution in [1.29, 1.82) is 0 Å². The van der Waals surface area contributed by atoms with Crippen LogP contribution in [0.15, 0.2) is 138 Å². The standard InChI is InChI=1S/C36H27N5O/c42-32-19-18-26-29-21-27(23-11-4-1-5-12-23)28(24-13-6-2-7-14-24)22-30(29)36-38-35-31(17-10-20-37-35)41(36)34(26)33(32)40-39-25-15-8-3-9-16-25/h1-21,27-28,30,42H,22H2. The summed E-state index contributed by atoms with van der Waals surface area (Å²) in [6.07, 6.45) is 5.09. The maximum atomic E-state index is 11.2. The lowest BCUT2D eigenvalue weighted by atomic mass is 9.67. The van der Waals surface area contributed by atoms with Crippen molar-refractivity contribution in [3.8, 4) is 11.4 Å². The molecule has 6 nitrogen and oxygen atoms in total. The quantitative estimate of drug-likeness (QED) is 0.225. The fourth-order valence-electron chi connectivity index (χ4n) is 6.65. The SMILES string of the molecule is Oc1ccc2c(c1N=Nc1ccccc1)-n1c(nc3ncccc31)C1CC(c3ccccc3)C(c3ccccc3)C=C21. The van der Waals surface area contributed by atoms with Gasteiger partial charge in [-0.25, -0.2) is 9.97 Å². The molecule has 0 saturated heterocycles. The van der Waals surface area contributed by atoms with Crippen molar-refractivity contribution in [2.75, 3.05) is 0 Å². The Hall–Kier alpha value is -5.36. The van der Waals surface area contributed by atoms with E-state index in [1.807, 2.05) is 48.5 Å². The number of hydrogen-bond acceptors (Lipinski definition) is 5. The van der Waals surface area contributed by atoms with Crippen molar-refractivity contribution in [1.82, 2.24) is 14.5 Å². The van der Waals surface area contributed by atoms with Crippen LogP contribution in [0.1, 0.15) is 46.7 Å². The van der Waals surface area contributed by atoms with Crippen LogP contribution in [0.25, 0.3) is 22.4 Å². The van der Waals surface area contributed by atoms with Crippen LogP contribution in [-0.2, 0) is 0 Å². The summed E-state index contributed by atoms with van der Waals surface area (Å²) in [5.41, 5.74) is 8.31. The molecule has 0 saturated carbocycles. The predicted molar refractivity (Wildman–Crippen MR) is 165 cm³/mol. The molecule has 8 rings (SSSR count). The summed E-state index contributed by atoms with van der Waals surface area (Å²) in [6.45, 7) is 0. The van der Waals surface area contributed by atoms with Gasteiger partial charge in [0.2, 0.25) is 0 Å². The molecular weight excluding hydrogens is 518 g/mol. The maximum Gasteiger partial charge on any atom is 0.178 e. The Bertz CT molecular complexity index is 1980. The number of allylic oxidation sites excluding steroid dienone is 2. The summed E-state index contributed by atoms with van der Waals surface area (Å²) in [7, 11) is 0. The second-order valence-corrected chi connectivity index (χ2v) is 10.9. The highest BCUT2D eigenvalue weighted by Crippen LogP contribution is 2.56. The van der Waals surface area contributed by atoms with E-state index >= 15 is 0 Å². The number of hydrogen-bond donors (Lipinski definition) is 1. The number of rotatable bonds is 4. The molecule has 0 fully saturated rings. The van der Waals surface area contributed by atoms with Crippen molar-refractivity contribution in [2.45, 2.75) is 24.2 Å². The zero-order valence-corrected chi connectivity index (χ0v) is 22.7. The van der Waals surface area contributed by atoms with Gasteiger partial charge in [0, 0.05) is 23.6 Å². The molecule has 2 aromatic heterocycles. The van der Waals surface area contributed by atoms with Gasteiger partial charge in [0.1, 0.15) is 11.6 Å². The number of phenolic OH excluding ortho intramolecular Hbond substituents is 1. The van der Waals surface area contributed by atoms with Gasteiger partial charge in [0.25, 0.3) is 0 Å². The molecule has 0 spiro atoms. The van der Waals surface area contributed by atoms with Crippen molar-refractivity contribution in [3.05, 3.63) is 150 Å². The van der Waals surface area contributed by atoms with Crippen LogP contribution in [0, 0.1) is 0 Å². The van der Waals surface area contributed by atoms with Gasteiger partial charge >= 0.3 is 0 Å². The topological polar surface area (TPSA) is 75.7 Å². The molecular formula is C36H27N5O. The number of imidazole rings is 1. The largest absolute Gasteiger partial charge is 0.506 e. The van der Waals surface area contributed by atoms with Crippen molar-refractivity contribution in [3.63, 3.8) is 0 Å². The molecule has 0 amide bonds. The van der Waals surface area contributed by atoms with Crippen LogP contribution >= 0.6 is 0 Å². The normalized spacial score (nSPS) is 19.2. The minimum Gasteiger partial charge on any atom is -0.506 e. The Morgan fingerprint density at radius 1 is 0.738 bits per heavy atom. The minimum atomic E-state index is 0.0420. The number of aromatic hydroxyl groups is 1. The van der Waals surface area contributed by atoms with Gasteiger partial charge in [-0.15, -0.1) is 5.11 Å². The molecule has 1 N–H and O–H groups in total. The minimum absolute atomic E-state index is 0.0420. The lowest BCUT2D eigenvalue weighted by Gasteiger charge is -2.39. The molecule has 1 aliphatic heterocycles. The Morgan fingerprint density at radius 2 is 1.45 bits per heavy atom. The third kappa shape index (κ3) is 3.95. The number of benzene rings is 4. The Balaban J connectivity index is 1.40. The predicted octanol–water partition coefficient (Wildman–Crippen LogP) is 8.99. The first-order valence-corrected chi connectivity index (χ1v) is 14.2. The molecule has 0 bridgehead atoms. The van der Waals surface area contributed by atoms with Gasteiger partial charge in [-0.2, -0.15) is 5.11 Å². The second-order valence-electron chi connectivity index (χ2n) is 10.9. The van der Waals surface area contributed by atoms with E-state index in [4.69, 9.17) is 4.98 Å². The molecule has 6 heteroatoms. The summed E-state index contributed by atoms with van der Waals surface area (Å²) < 4.78 is 2.14. The first-order chi connectivity index (χ1) is 20.8. The van der Waals surface area contributed by atoms with Gasteiger partial charge in [-0.05, 0) is 65.4 Å². The first kappa shape index (κ1) is 24.4. The molecule has 3 unspecified atom stereocenters. The van der Waals surface area contributed by atoms with E-state index in [-0.39, 0.29) is 23.5 Å². The van der Waals surface area contributed by atoms with Gasteiger partial charge in [0.15, 0.2) is 11.3 Å². The van der Waals surface area contributed by atoms with E-state index in [1.165, 1.54) is 16.7 Å². The molecule has 202 valence electrons. The Kier molecular flexibility index (Phi) is 5.78. The second kappa shape index (κ2) is 9.93. The molecule has 4 aromatic carbocycles. The lowest BCUT2D eigenvalue weighted by molar-refractivity contribution is 0.475. The third-order valence-corrected chi connectivity index (χ3v) is 8.52. The molecule has 6 aromatic rings. The van der Waals surface area contributed by atoms with E-state index in [9.17, 15) is 5.11 Å². The van der Waals surface area contributed by atoms with Crippen LogP contribution in [0.2, 0.25) is 0 Å². The monoisotopic (exact) mass is 545 g/mol. The molecule has 3 atom stereocenters. The fraction of sp³-hybridized carbons (Fsp3) is 0.111. The summed E-state index contributed by atoms with van der Waals surface area (Å²) >= 11 is 0. The summed E-state index contributed by atoms with van der Waals surface area (Å²) in [4.78, 5) is 9.72. The average Bonchev–Trinajstić information content (AvgIpc) is 3.45. The summed E-state index contributed by atoms with van der Waals surface area (Å²) in [6, 6.07) is 38.8. The van der Waals surface area contributed by atoms with Crippen LogP contribution in [-0.4, -0.2) is 19.6 Å². The third-order valence-electron chi connectivity index (χ3n) is 8.52. The van der Waals surface area contributed by atoms with E-state index in [1.54, 1.807) is 12.3 Å². The van der Waals surface area contributed by atoms with E-state index < -0.39 is 0 Å². The van der Waals surface area contributed by atoms with Crippen LogP contribution in [0.4, 0.5) is 11.4 Å². The molecule has 42 heavy (non-hydrogen) atoms. The van der Waals surface area contributed by atoms with Gasteiger partial charge in [-0.3, -0.25) is 4.57 Å². The highest BCUT2D eigenvalue weighted by atomic mass is 16.3. The Morgan fingerprint density at radius 3 is 2.21 bits per heavy atom. The Labute approximate surface area is 243 Å². The number of azo groups is 1. The van der Waals surface area contributed by atoms with E-state index in [2.05, 4.69) is 86.5 Å². The average molecular weight is 546 g/mol.